The Balaban J connectivity index is 0.00000139. The number of nitro groups is 1. The van der Waals surface area contributed by atoms with Crippen LogP contribution in [0.15, 0.2) is 0 Å². The molecule has 0 spiro atoms. The Morgan fingerprint density at radius 2 is 2.00 bits per heavy atom. The first-order valence-corrected chi connectivity index (χ1v) is 7.91. The molecular weight excluding hydrogens is 322 g/mol. The van der Waals surface area contributed by atoms with Gasteiger partial charge in [-0.15, -0.1) is 5.10 Å². The topological polar surface area (TPSA) is 140 Å². The van der Waals surface area contributed by atoms with Crippen molar-refractivity contribution in [3.63, 3.8) is 0 Å². The highest BCUT2D eigenvalue weighted by Crippen LogP contribution is 2.35. The third-order valence-electron chi connectivity index (χ3n) is 3.50. The summed E-state index contributed by atoms with van der Waals surface area (Å²) in [6, 6.07) is -0.0746. The van der Waals surface area contributed by atoms with Crippen molar-refractivity contribution in [2.24, 2.45) is 0 Å². The van der Waals surface area contributed by atoms with E-state index in [-0.39, 0.29) is 11.7 Å². The molecule has 0 unspecified atom stereocenters. The van der Waals surface area contributed by atoms with Crippen LogP contribution >= 0.6 is 0 Å². The number of rotatable bonds is 6. The fourth-order valence-electron chi connectivity index (χ4n) is 2.40. The van der Waals surface area contributed by atoms with Gasteiger partial charge >= 0.3 is 17.5 Å². The Hall–Kier alpha value is -1.75. The van der Waals surface area contributed by atoms with Gasteiger partial charge in [0.25, 0.3) is 0 Å². The van der Waals surface area contributed by atoms with Crippen LogP contribution in [0.1, 0.15) is 44.8 Å². The van der Waals surface area contributed by atoms with Gasteiger partial charge in [-0.3, -0.25) is 14.8 Å². The van der Waals surface area contributed by atoms with Crippen molar-refractivity contribution in [3.8, 4) is 5.88 Å². The Morgan fingerprint density at radius 3 is 2.50 bits per heavy atom. The lowest BCUT2D eigenvalue weighted by molar-refractivity contribution is -0.389. The molecule has 0 aromatic carbocycles. The summed E-state index contributed by atoms with van der Waals surface area (Å²) in [6.07, 6.45) is 0.783. The van der Waals surface area contributed by atoms with E-state index in [4.69, 9.17) is 14.6 Å². The predicted octanol–water partition coefficient (Wildman–Crippen LogP) is 0.877. The van der Waals surface area contributed by atoms with E-state index in [9.17, 15) is 20.3 Å². The normalized spacial score (nSPS) is 15.6. The van der Waals surface area contributed by atoms with Crippen LogP contribution in [0.4, 0.5) is 5.69 Å². The van der Waals surface area contributed by atoms with Gasteiger partial charge in [0.05, 0.1) is 24.0 Å². The lowest BCUT2D eigenvalue weighted by atomic mass is 10.1. The van der Waals surface area contributed by atoms with Crippen LogP contribution in [-0.4, -0.2) is 55.8 Å². The van der Waals surface area contributed by atoms with E-state index >= 15 is 0 Å². The summed E-state index contributed by atoms with van der Waals surface area (Å²) in [7, 11) is 0. The van der Waals surface area contributed by atoms with Crippen molar-refractivity contribution >= 4 is 5.69 Å². The monoisotopic (exact) mass is 347 g/mol. The summed E-state index contributed by atoms with van der Waals surface area (Å²) in [5, 5.41) is 43.1. The van der Waals surface area contributed by atoms with E-state index in [0.717, 1.165) is 0 Å². The van der Waals surface area contributed by atoms with Crippen LogP contribution in [-0.2, 0) is 4.74 Å². The summed E-state index contributed by atoms with van der Waals surface area (Å²) in [6.45, 7) is 6.03. The summed E-state index contributed by atoms with van der Waals surface area (Å²) in [4.78, 5) is 10.5. The van der Waals surface area contributed by atoms with Gasteiger partial charge in [0.15, 0.2) is 0 Å². The van der Waals surface area contributed by atoms with Crippen LogP contribution in [0.2, 0.25) is 0 Å². The van der Waals surface area contributed by atoms with Crippen molar-refractivity contribution in [1.29, 1.82) is 0 Å². The van der Waals surface area contributed by atoms with Gasteiger partial charge in [-0.25, -0.2) is 0 Å². The number of aliphatic hydroxyl groups excluding tert-OH is 1. The fourth-order valence-corrected chi connectivity index (χ4v) is 2.40. The number of hydrogen-bond acceptors (Lipinski definition) is 8. The van der Waals surface area contributed by atoms with Gasteiger partial charge < -0.3 is 24.8 Å². The third kappa shape index (κ3) is 4.87. The maximum absolute atomic E-state index is 11.2. The summed E-state index contributed by atoms with van der Waals surface area (Å²) in [5.41, 5.74) is -0.149. The van der Waals surface area contributed by atoms with Crippen LogP contribution in [0.5, 0.6) is 5.88 Å². The second-order valence-corrected chi connectivity index (χ2v) is 5.10. The molecule has 1 aromatic rings. The molecule has 0 amide bonds. The van der Waals surface area contributed by atoms with E-state index in [1.54, 1.807) is 0 Å². The lowest BCUT2D eigenvalue weighted by Crippen LogP contribution is -2.36. The molecule has 2 rings (SSSR count). The van der Waals surface area contributed by atoms with Gasteiger partial charge in [-0.2, -0.15) is 0 Å². The second-order valence-electron chi connectivity index (χ2n) is 5.10. The molecule has 2 heterocycles. The van der Waals surface area contributed by atoms with Crippen molar-refractivity contribution in [2.75, 3.05) is 19.8 Å². The zero-order chi connectivity index (χ0) is 18.3. The van der Waals surface area contributed by atoms with E-state index in [0.29, 0.717) is 26.1 Å². The molecule has 10 heteroatoms. The molecule has 10 nitrogen and oxygen atoms in total. The standard InChI is InChI=1S/C12H19N3O7.C2H6/c1-8-10(15(19)20)11(22-12(17,18)4-5-16)13-14(8)9-2-6-21-7-3-9;1-2/h9,16-18H,2-7H2,1H3;1-2H3. The van der Waals surface area contributed by atoms with Crippen LogP contribution in [0.25, 0.3) is 0 Å². The van der Waals surface area contributed by atoms with Gasteiger partial charge in [0.1, 0.15) is 5.69 Å². The average molecular weight is 347 g/mol. The molecule has 1 aliphatic heterocycles. The summed E-state index contributed by atoms with van der Waals surface area (Å²) in [5.74, 6) is -3.20. The quantitative estimate of drug-likeness (QED) is 0.391. The summed E-state index contributed by atoms with van der Waals surface area (Å²) >= 11 is 0. The SMILES string of the molecule is CC.Cc1c([N+](=O)[O-])c(OC(O)(O)CCO)nn1C1CCOCC1. The Bertz CT molecular complexity index is 539. The molecular formula is C14H25N3O7. The lowest BCUT2D eigenvalue weighted by Gasteiger charge is -2.23. The first kappa shape index (κ1) is 20.3. The Kier molecular flexibility index (Phi) is 7.55. The number of hydrogen-bond donors (Lipinski definition) is 3. The van der Waals surface area contributed by atoms with E-state index in [1.165, 1.54) is 11.6 Å². The second kappa shape index (κ2) is 8.92. The minimum absolute atomic E-state index is 0.0746. The van der Waals surface area contributed by atoms with Crippen LogP contribution in [0, 0.1) is 17.0 Å². The van der Waals surface area contributed by atoms with E-state index in [2.05, 4.69) is 5.10 Å². The van der Waals surface area contributed by atoms with Gasteiger partial charge in [0, 0.05) is 13.2 Å². The van der Waals surface area contributed by atoms with E-state index in [1.807, 2.05) is 13.8 Å². The molecule has 1 aliphatic rings. The molecule has 0 bridgehead atoms. The maximum Gasteiger partial charge on any atom is 0.353 e. The molecule has 0 radical (unpaired) electrons. The smallest absolute Gasteiger partial charge is 0.353 e. The maximum atomic E-state index is 11.2. The van der Waals surface area contributed by atoms with Crippen molar-refractivity contribution in [3.05, 3.63) is 15.8 Å². The molecule has 1 saturated heterocycles. The molecule has 0 saturated carbocycles. The zero-order valence-electron chi connectivity index (χ0n) is 14.1. The molecule has 1 aromatic heterocycles. The molecule has 3 N–H and O–H groups in total. The molecule has 1 fully saturated rings. The Morgan fingerprint density at radius 1 is 1.42 bits per heavy atom. The van der Waals surface area contributed by atoms with Crippen molar-refractivity contribution in [1.82, 2.24) is 9.78 Å². The van der Waals surface area contributed by atoms with E-state index < -0.39 is 35.5 Å². The average Bonchev–Trinajstić information content (AvgIpc) is 2.85. The van der Waals surface area contributed by atoms with Crippen molar-refractivity contribution in [2.45, 2.75) is 52.0 Å². The fraction of sp³-hybridized carbons (Fsp3) is 0.786. The van der Waals surface area contributed by atoms with Gasteiger partial charge in [0.2, 0.25) is 0 Å². The first-order chi connectivity index (χ1) is 11.4. The number of nitrogens with zero attached hydrogens (tertiary/aromatic N) is 3. The highest BCUT2D eigenvalue weighted by molar-refractivity contribution is 5.45. The van der Waals surface area contributed by atoms with Crippen molar-refractivity contribution < 1.29 is 29.7 Å². The minimum Gasteiger partial charge on any atom is -0.414 e. The molecule has 138 valence electrons. The third-order valence-corrected chi connectivity index (χ3v) is 3.50. The van der Waals surface area contributed by atoms with Gasteiger partial charge in [-0.1, -0.05) is 13.8 Å². The van der Waals surface area contributed by atoms with Gasteiger partial charge in [-0.05, 0) is 19.8 Å². The minimum atomic E-state index is -2.72. The highest BCUT2D eigenvalue weighted by Gasteiger charge is 2.35. The predicted molar refractivity (Wildman–Crippen MR) is 83.6 cm³/mol. The number of ether oxygens (including phenoxy) is 2. The largest absolute Gasteiger partial charge is 0.414 e. The molecule has 24 heavy (non-hydrogen) atoms. The molecule has 0 atom stereocenters. The first-order valence-electron chi connectivity index (χ1n) is 7.91. The Labute approximate surface area is 139 Å². The highest BCUT2D eigenvalue weighted by atomic mass is 16.8. The van der Waals surface area contributed by atoms with Crippen LogP contribution < -0.4 is 4.74 Å². The number of aliphatic hydroxyl groups is 3. The summed E-state index contributed by atoms with van der Waals surface area (Å²) < 4.78 is 11.5. The zero-order valence-corrected chi connectivity index (χ0v) is 14.1. The van der Waals surface area contributed by atoms with Crippen LogP contribution in [0.3, 0.4) is 0 Å². The molecule has 0 aliphatic carbocycles. The number of aromatic nitrogens is 2.